The van der Waals surface area contributed by atoms with Gasteiger partial charge in [0.25, 0.3) is 5.91 Å². The molecule has 0 aliphatic carbocycles. The van der Waals surface area contributed by atoms with Crippen molar-refractivity contribution >= 4 is 62.0 Å². The summed E-state index contributed by atoms with van der Waals surface area (Å²) in [4.78, 5) is 40.9. The normalized spacial score (nSPS) is 17.4. The Hall–Kier alpha value is -3.07. The number of allylic oxidation sites excluding steroid dienone is 1. The summed E-state index contributed by atoms with van der Waals surface area (Å²) in [5, 5.41) is 23.2. The number of ether oxygens (including phenoxy) is 2. The van der Waals surface area contributed by atoms with Gasteiger partial charge in [-0.25, -0.2) is 4.79 Å². The number of carbonyl (C=O) groups is 3. The highest BCUT2D eigenvalue weighted by atomic mass is 33.1. The van der Waals surface area contributed by atoms with Gasteiger partial charge in [-0.1, -0.05) is 40.3 Å². The van der Waals surface area contributed by atoms with Crippen molar-refractivity contribution in [1.29, 1.82) is 0 Å². The van der Waals surface area contributed by atoms with Crippen LogP contribution in [0.5, 0.6) is 5.75 Å². The molecule has 2 aromatic heterocycles. The second-order valence-electron chi connectivity index (χ2n) is 8.02. The van der Waals surface area contributed by atoms with Crippen molar-refractivity contribution in [2.45, 2.75) is 42.6 Å². The number of esters is 1. The van der Waals surface area contributed by atoms with E-state index in [0.29, 0.717) is 15.7 Å². The average molecular weight is 593 g/mol. The van der Waals surface area contributed by atoms with Gasteiger partial charge in [0.1, 0.15) is 34.5 Å². The van der Waals surface area contributed by atoms with E-state index < -0.39 is 23.3 Å². The van der Waals surface area contributed by atoms with Crippen LogP contribution in [0.3, 0.4) is 0 Å². The number of thiophene rings is 1. The van der Waals surface area contributed by atoms with E-state index in [1.165, 1.54) is 51.2 Å². The zero-order chi connectivity index (χ0) is 27.2. The van der Waals surface area contributed by atoms with Crippen LogP contribution in [-0.2, 0) is 32.1 Å². The smallest absolute Gasteiger partial charge is 0.358 e. The maximum atomic E-state index is 13.2. The van der Waals surface area contributed by atoms with Crippen LogP contribution in [-0.4, -0.2) is 56.5 Å². The van der Waals surface area contributed by atoms with Gasteiger partial charge < -0.3 is 19.9 Å². The number of rotatable bonds is 11. The van der Waals surface area contributed by atoms with Gasteiger partial charge in [-0.05, 0) is 53.8 Å². The van der Waals surface area contributed by atoms with E-state index in [4.69, 9.17) is 9.47 Å². The molecule has 1 saturated heterocycles. The highest BCUT2D eigenvalue weighted by Gasteiger charge is 2.53. The van der Waals surface area contributed by atoms with Crippen LogP contribution < -0.4 is 10.1 Å². The average Bonchev–Trinajstić information content (AvgIpc) is 3.57. The van der Waals surface area contributed by atoms with Crippen LogP contribution in [0, 0.1) is 6.92 Å². The van der Waals surface area contributed by atoms with Crippen molar-refractivity contribution in [2.24, 2.45) is 0 Å². The molecule has 1 aliphatic heterocycles. The van der Waals surface area contributed by atoms with Gasteiger partial charge in [0.15, 0.2) is 10.0 Å². The summed E-state index contributed by atoms with van der Waals surface area (Å²) in [6.45, 7) is 3.07. The van der Waals surface area contributed by atoms with Crippen LogP contribution in [0.2, 0.25) is 0 Å². The minimum Gasteiger partial charge on any atom is -0.510 e. The van der Waals surface area contributed by atoms with Crippen molar-refractivity contribution in [1.82, 2.24) is 20.4 Å². The molecule has 1 aliphatic rings. The summed E-state index contributed by atoms with van der Waals surface area (Å²) in [5.74, 6) is -1.42. The highest BCUT2D eigenvalue weighted by molar-refractivity contribution is 8.77. The first-order valence-electron chi connectivity index (χ1n) is 11.2. The third-order valence-corrected chi connectivity index (χ3v) is 9.99. The minimum absolute atomic E-state index is 0.0702. The van der Waals surface area contributed by atoms with Crippen LogP contribution >= 0.6 is 44.3 Å². The monoisotopic (exact) mass is 592 g/mol. The van der Waals surface area contributed by atoms with Crippen molar-refractivity contribution in [3.05, 3.63) is 68.7 Å². The predicted molar refractivity (Wildman–Crippen MR) is 147 cm³/mol. The molecule has 10 nitrogen and oxygen atoms in total. The van der Waals surface area contributed by atoms with Gasteiger partial charge in [0.05, 0.1) is 13.5 Å². The molecule has 200 valence electrons. The standard InChI is InChI=1S/C24H24N4O6S4/c1-13(29)20(23(32)34-12-15-6-8-16(33-3)9-7-15)28-21(31)19(25-18(30)11-17-5-4-10-35-17)22(28)37-38-24-27-26-14(2)36-24/h4-10,19,22,29H,11-12H2,1-3H3,(H,25,30)/b20-13-. The Balaban J connectivity index is 1.49. The van der Waals surface area contributed by atoms with Crippen LogP contribution in [0.25, 0.3) is 0 Å². The van der Waals surface area contributed by atoms with E-state index in [1.807, 2.05) is 24.4 Å². The molecule has 2 unspecified atom stereocenters. The van der Waals surface area contributed by atoms with Crippen LogP contribution in [0.15, 0.2) is 57.6 Å². The Kier molecular flexibility index (Phi) is 9.31. The summed E-state index contributed by atoms with van der Waals surface area (Å²) in [6.07, 6.45) is 0.132. The molecule has 14 heteroatoms. The third kappa shape index (κ3) is 6.67. The summed E-state index contributed by atoms with van der Waals surface area (Å²) >= 11 is 2.83. The fraction of sp³-hybridized carbons (Fsp3) is 0.292. The number of nitrogens with zero attached hydrogens (tertiary/aromatic N) is 3. The third-order valence-electron chi connectivity index (χ3n) is 5.31. The maximum absolute atomic E-state index is 13.2. The van der Waals surface area contributed by atoms with E-state index in [-0.39, 0.29) is 30.4 Å². The fourth-order valence-electron chi connectivity index (χ4n) is 3.49. The number of hydrogen-bond donors (Lipinski definition) is 2. The SMILES string of the molecule is COc1ccc(COC(=O)/C(=C(\C)O)N2C(=O)C(NC(=O)Cc3cccs3)C2SSc2nnc(C)s2)cc1. The summed E-state index contributed by atoms with van der Waals surface area (Å²) in [6, 6.07) is 9.74. The Morgan fingerprint density at radius 3 is 2.58 bits per heavy atom. The van der Waals surface area contributed by atoms with E-state index in [1.54, 1.807) is 31.4 Å². The summed E-state index contributed by atoms with van der Waals surface area (Å²) in [7, 11) is 4.06. The van der Waals surface area contributed by atoms with E-state index in [2.05, 4.69) is 15.5 Å². The summed E-state index contributed by atoms with van der Waals surface area (Å²) < 4.78 is 11.2. The topological polar surface area (TPSA) is 131 Å². The molecule has 0 saturated carbocycles. The predicted octanol–water partition coefficient (Wildman–Crippen LogP) is 4.09. The minimum atomic E-state index is -0.905. The van der Waals surface area contributed by atoms with Gasteiger partial charge in [-0.15, -0.1) is 21.5 Å². The molecule has 1 aromatic carbocycles. The fourth-order valence-corrected chi connectivity index (χ4v) is 7.85. The molecule has 3 heterocycles. The van der Waals surface area contributed by atoms with Crippen molar-refractivity contribution in [3.8, 4) is 5.75 Å². The number of aliphatic hydroxyl groups is 1. The first-order valence-corrected chi connectivity index (χ1v) is 15.2. The number of methoxy groups -OCH3 is 1. The lowest BCUT2D eigenvalue weighted by molar-refractivity contribution is -0.153. The lowest BCUT2D eigenvalue weighted by Gasteiger charge is -2.46. The molecule has 0 spiro atoms. The first kappa shape index (κ1) is 28.0. The Bertz CT molecular complexity index is 1320. The van der Waals surface area contributed by atoms with Gasteiger partial charge in [0, 0.05) is 4.88 Å². The number of aliphatic hydroxyl groups excluding tert-OH is 1. The van der Waals surface area contributed by atoms with Gasteiger partial charge in [-0.3, -0.25) is 14.5 Å². The first-order chi connectivity index (χ1) is 18.3. The lowest BCUT2D eigenvalue weighted by Crippen LogP contribution is -2.69. The number of β-lactam (4-membered cyclic amide) rings is 1. The molecule has 2 atom stereocenters. The molecule has 0 bridgehead atoms. The number of nitrogens with one attached hydrogen (secondary N) is 1. The number of amides is 2. The number of carbonyl (C=O) groups excluding carboxylic acids is 3. The number of benzene rings is 1. The Morgan fingerprint density at radius 1 is 1.21 bits per heavy atom. The number of hydrogen-bond acceptors (Lipinski definition) is 12. The van der Waals surface area contributed by atoms with Gasteiger partial charge in [0.2, 0.25) is 5.91 Å². The molecule has 1 fully saturated rings. The number of aromatic nitrogens is 2. The second kappa shape index (κ2) is 12.7. The van der Waals surface area contributed by atoms with E-state index in [0.717, 1.165) is 14.8 Å². The van der Waals surface area contributed by atoms with Crippen molar-refractivity contribution in [3.63, 3.8) is 0 Å². The summed E-state index contributed by atoms with van der Waals surface area (Å²) in [5.41, 5.74) is 0.426. The highest BCUT2D eigenvalue weighted by Crippen LogP contribution is 2.44. The van der Waals surface area contributed by atoms with Crippen LogP contribution in [0.1, 0.15) is 22.4 Å². The molecular formula is C24H24N4O6S4. The molecular weight excluding hydrogens is 569 g/mol. The Morgan fingerprint density at radius 2 is 1.97 bits per heavy atom. The van der Waals surface area contributed by atoms with E-state index >= 15 is 0 Å². The maximum Gasteiger partial charge on any atom is 0.358 e. The molecule has 3 aromatic rings. The number of likely N-dealkylation sites (tertiary alicyclic amines) is 1. The number of aryl methyl sites for hydroxylation is 1. The van der Waals surface area contributed by atoms with Gasteiger partial charge in [-0.2, -0.15) is 0 Å². The zero-order valence-electron chi connectivity index (χ0n) is 20.6. The zero-order valence-corrected chi connectivity index (χ0v) is 23.8. The van der Waals surface area contributed by atoms with Gasteiger partial charge >= 0.3 is 5.97 Å². The van der Waals surface area contributed by atoms with Crippen LogP contribution in [0.4, 0.5) is 0 Å². The van der Waals surface area contributed by atoms with E-state index in [9.17, 15) is 19.5 Å². The molecule has 4 rings (SSSR count). The second-order valence-corrected chi connectivity index (χ2v) is 12.8. The largest absolute Gasteiger partial charge is 0.510 e. The quantitative estimate of drug-likeness (QED) is 0.110. The molecule has 0 radical (unpaired) electrons. The van der Waals surface area contributed by atoms with Crippen molar-refractivity contribution < 1.29 is 29.0 Å². The van der Waals surface area contributed by atoms with Crippen molar-refractivity contribution in [2.75, 3.05) is 7.11 Å². The lowest BCUT2D eigenvalue weighted by atomic mass is 10.0. The molecule has 2 N–H and O–H groups in total. The Labute approximate surface area is 234 Å². The molecule has 38 heavy (non-hydrogen) atoms. The molecule has 2 amide bonds.